The van der Waals surface area contributed by atoms with Crippen LogP contribution in [0.15, 0.2) is 42.5 Å². The van der Waals surface area contributed by atoms with Crippen LogP contribution in [0.3, 0.4) is 0 Å². The van der Waals surface area contributed by atoms with Crippen LogP contribution in [-0.2, 0) is 0 Å². The number of aromatic amines is 1. The molecule has 1 aliphatic heterocycles. The van der Waals surface area contributed by atoms with E-state index in [9.17, 15) is 9.59 Å². The minimum Gasteiger partial charge on any atom is -0.496 e. The lowest BCUT2D eigenvalue weighted by atomic mass is 10.1. The molecule has 2 aromatic carbocycles. The van der Waals surface area contributed by atoms with E-state index in [1.807, 2.05) is 57.2 Å². The van der Waals surface area contributed by atoms with Crippen molar-refractivity contribution >= 4 is 11.8 Å². The smallest absolute Gasteiger partial charge is 0.291 e. The second-order valence-corrected chi connectivity index (χ2v) is 8.16. The molecule has 4 rings (SSSR count). The topological polar surface area (TPSA) is 91.4 Å². The van der Waals surface area contributed by atoms with E-state index < -0.39 is 0 Å². The van der Waals surface area contributed by atoms with E-state index in [4.69, 9.17) is 4.74 Å². The number of methoxy groups -OCH3 is 1. The van der Waals surface area contributed by atoms with E-state index in [0.717, 1.165) is 16.7 Å². The number of benzene rings is 2. The highest BCUT2D eigenvalue weighted by molar-refractivity contribution is 5.95. The molecule has 166 valence electrons. The van der Waals surface area contributed by atoms with Crippen LogP contribution in [0.5, 0.6) is 5.75 Å². The standard InChI is InChI=1S/C24H27N5O3/c1-15-6-5-7-18(12-15)21-25-22(27-26-21)24(31)29-11-10-28(14-17(29)3)23(30)19-9-8-16(2)20(13-19)32-4/h5-9,12-13,17H,10-11,14H2,1-4H3,(H,25,26,27). The third-order valence-electron chi connectivity index (χ3n) is 5.79. The predicted octanol–water partition coefficient (Wildman–Crippen LogP) is 3.08. The molecule has 3 aromatic rings. The first-order chi connectivity index (χ1) is 15.4. The molecular formula is C24H27N5O3. The molecule has 8 nitrogen and oxygen atoms in total. The Kier molecular flexibility index (Phi) is 5.94. The van der Waals surface area contributed by atoms with Gasteiger partial charge in [0.15, 0.2) is 5.82 Å². The maximum absolute atomic E-state index is 13.1. The molecule has 1 aliphatic rings. The van der Waals surface area contributed by atoms with Crippen molar-refractivity contribution < 1.29 is 14.3 Å². The number of carbonyl (C=O) groups excluding carboxylic acids is 2. The highest BCUT2D eigenvalue weighted by atomic mass is 16.5. The fourth-order valence-electron chi connectivity index (χ4n) is 3.99. The predicted molar refractivity (Wildman–Crippen MR) is 121 cm³/mol. The van der Waals surface area contributed by atoms with Gasteiger partial charge in [-0.05, 0) is 44.5 Å². The van der Waals surface area contributed by atoms with E-state index in [1.54, 1.807) is 23.0 Å². The number of H-pyrrole nitrogens is 1. The van der Waals surface area contributed by atoms with E-state index in [0.29, 0.717) is 36.8 Å². The Bertz CT molecular complexity index is 1160. The number of nitrogens with zero attached hydrogens (tertiary/aromatic N) is 4. The van der Waals surface area contributed by atoms with Crippen molar-refractivity contribution in [3.05, 3.63) is 65.0 Å². The fourth-order valence-corrected chi connectivity index (χ4v) is 3.99. The Morgan fingerprint density at radius 3 is 2.62 bits per heavy atom. The minimum atomic E-state index is -0.215. The first-order valence-corrected chi connectivity index (χ1v) is 10.6. The highest BCUT2D eigenvalue weighted by Crippen LogP contribution is 2.22. The number of rotatable bonds is 4. The van der Waals surface area contributed by atoms with Gasteiger partial charge in [-0.1, -0.05) is 29.8 Å². The molecule has 1 atom stereocenters. The highest BCUT2D eigenvalue weighted by Gasteiger charge is 2.32. The van der Waals surface area contributed by atoms with Gasteiger partial charge in [-0.3, -0.25) is 14.7 Å². The Balaban J connectivity index is 1.44. The maximum Gasteiger partial charge on any atom is 0.291 e. The molecule has 2 amide bonds. The summed E-state index contributed by atoms with van der Waals surface area (Å²) >= 11 is 0. The Labute approximate surface area is 187 Å². The van der Waals surface area contributed by atoms with Crippen LogP contribution in [0.25, 0.3) is 11.4 Å². The third kappa shape index (κ3) is 4.21. The van der Waals surface area contributed by atoms with Crippen LogP contribution in [-0.4, -0.2) is 69.6 Å². The first-order valence-electron chi connectivity index (χ1n) is 10.6. The quantitative estimate of drug-likeness (QED) is 0.683. The van der Waals surface area contributed by atoms with Crippen molar-refractivity contribution in [2.24, 2.45) is 0 Å². The van der Waals surface area contributed by atoms with Gasteiger partial charge in [-0.15, -0.1) is 0 Å². The van der Waals surface area contributed by atoms with Gasteiger partial charge in [0.25, 0.3) is 11.8 Å². The lowest BCUT2D eigenvalue weighted by molar-refractivity contribution is 0.0407. The summed E-state index contributed by atoms with van der Waals surface area (Å²) in [5.74, 6) is 1.10. The van der Waals surface area contributed by atoms with Crippen molar-refractivity contribution in [1.82, 2.24) is 25.0 Å². The number of hydrogen-bond donors (Lipinski definition) is 1. The largest absolute Gasteiger partial charge is 0.496 e. The van der Waals surface area contributed by atoms with Gasteiger partial charge >= 0.3 is 0 Å². The van der Waals surface area contributed by atoms with E-state index in [1.165, 1.54) is 0 Å². The molecule has 0 spiro atoms. The van der Waals surface area contributed by atoms with Crippen molar-refractivity contribution in [2.45, 2.75) is 26.8 Å². The van der Waals surface area contributed by atoms with Crippen LogP contribution in [0.2, 0.25) is 0 Å². The molecule has 1 N–H and O–H groups in total. The molecule has 1 unspecified atom stereocenters. The van der Waals surface area contributed by atoms with Crippen LogP contribution in [0, 0.1) is 13.8 Å². The average Bonchev–Trinajstić information content (AvgIpc) is 3.29. The monoisotopic (exact) mass is 433 g/mol. The molecule has 0 aliphatic carbocycles. The number of nitrogens with one attached hydrogen (secondary N) is 1. The summed E-state index contributed by atoms with van der Waals surface area (Å²) in [7, 11) is 1.59. The van der Waals surface area contributed by atoms with Crippen LogP contribution < -0.4 is 4.74 Å². The number of hydrogen-bond acceptors (Lipinski definition) is 5. The summed E-state index contributed by atoms with van der Waals surface area (Å²) in [6.07, 6.45) is 0. The second kappa shape index (κ2) is 8.82. The molecule has 32 heavy (non-hydrogen) atoms. The maximum atomic E-state index is 13.1. The number of amides is 2. The lowest BCUT2D eigenvalue weighted by Gasteiger charge is -2.39. The first kappa shape index (κ1) is 21.5. The van der Waals surface area contributed by atoms with Gasteiger partial charge in [-0.25, -0.2) is 4.98 Å². The molecule has 8 heteroatoms. The van der Waals surface area contributed by atoms with Gasteiger partial charge in [0.1, 0.15) is 5.75 Å². The summed E-state index contributed by atoms with van der Waals surface area (Å²) in [5, 5.41) is 6.99. The van der Waals surface area contributed by atoms with Gasteiger partial charge < -0.3 is 14.5 Å². The zero-order valence-electron chi connectivity index (χ0n) is 18.8. The zero-order chi connectivity index (χ0) is 22.8. The molecule has 2 heterocycles. The molecule has 0 bridgehead atoms. The average molecular weight is 434 g/mol. The third-order valence-corrected chi connectivity index (χ3v) is 5.79. The zero-order valence-corrected chi connectivity index (χ0v) is 18.8. The van der Waals surface area contributed by atoms with E-state index in [-0.39, 0.29) is 23.7 Å². The van der Waals surface area contributed by atoms with Crippen LogP contribution >= 0.6 is 0 Å². The molecule has 0 saturated carbocycles. The van der Waals surface area contributed by atoms with Gasteiger partial charge in [0, 0.05) is 36.8 Å². The summed E-state index contributed by atoms with van der Waals surface area (Å²) in [4.78, 5) is 34.0. The fraction of sp³-hybridized carbons (Fsp3) is 0.333. The SMILES string of the molecule is COc1cc(C(=O)N2CCN(C(=O)c3nc(-c4cccc(C)c4)n[nH]3)C(C)C2)ccc1C. The number of ether oxygens (including phenoxy) is 1. The Morgan fingerprint density at radius 1 is 1.09 bits per heavy atom. The molecule has 1 saturated heterocycles. The number of aryl methyl sites for hydroxylation is 2. The van der Waals surface area contributed by atoms with Crippen molar-refractivity contribution in [1.29, 1.82) is 0 Å². The summed E-state index contributed by atoms with van der Waals surface area (Å²) in [6.45, 7) is 7.19. The summed E-state index contributed by atoms with van der Waals surface area (Å²) < 4.78 is 5.34. The van der Waals surface area contributed by atoms with Crippen molar-refractivity contribution in [3.8, 4) is 17.1 Å². The summed E-state index contributed by atoms with van der Waals surface area (Å²) in [6, 6.07) is 13.1. The van der Waals surface area contributed by atoms with Gasteiger partial charge in [-0.2, -0.15) is 5.10 Å². The number of piperazine rings is 1. The normalized spacial score (nSPS) is 16.2. The molecule has 1 fully saturated rings. The van der Waals surface area contributed by atoms with Crippen LogP contribution in [0.1, 0.15) is 39.0 Å². The molecular weight excluding hydrogens is 406 g/mol. The second-order valence-electron chi connectivity index (χ2n) is 8.16. The van der Waals surface area contributed by atoms with Crippen LogP contribution in [0.4, 0.5) is 0 Å². The Hall–Kier alpha value is -3.68. The van der Waals surface area contributed by atoms with Gasteiger partial charge in [0.05, 0.1) is 7.11 Å². The van der Waals surface area contributed by atoms with Crippen molar-refractivity contribution in [2.75, 3.05) is 26.7 Å². The Morgan fingerprint density at radius 2 is 1.91 bits per heavy atom. The summed E-state index contributed by atoms with van der Waals surface area (Å²) in [5.41, 5.74) is 3.51. The van der Waals surface area contributed by atoms with E-state index >= 15 is 0 Å². The van der Waals surface area contributed by atoms with Crippen molar-refractivity contribution in [3.63, 3.8) is 0 Å². The van der Waals surface area contributed by atoms with E-state index in [2.05, 4.69) is 15.2 Å². The lowest BCUT2D eigenvalue weighted by Crippen LogP contribution is -2.55. The molecule has 0 radical (unpaired) electrons. The minimum absolute atomic E-state index is 0.0661. The molecule has 1 aromatic heterocycles. The van der Waals surface area contributed by atoms with Gasteiger partial charge in [0.2, 0.25) is 5.82 Å². The number of aromatic nitrogens is 3. The number of carbonyl (C=O) groups is 2.